The Bertz CT molecular complexity index is 565. The van der Waals surface area contributed by atoms with Crippen LogP contribution in [0.25, 0.3) is 10.9 Å². The van der Waals surface area contributed by atoms with Crippen molar-refractivity contribution < 1.29 is 0 Å². The van der Waals surface area contributed by atoms with Gasteiger partial charge in [-0.25, -0.2) is 0 Å². The smallest absolute Gasteiger partial charge is 0.119 e. The highest BCUT2D eigenvalue weighted by atomic mass is 15.2. The molecule has 1 N–H and O–H groups in total. The highest BCUT2D eigenvalue weighted by Gasteiger charge is 1.98. The van der Waals surface area contributed by atoms with Gasteiger partial charge in [0.25, 0.3) is 0 Å². The van der Waals surface area contributed by atoms with Gasteiger partial charge in [0.2, 0.25) is 0 Å². The molecular formula is C11H9N4. The Balaban J connectivity index is 1.97. The molecule has 15 heavy (non-hydrogen) atoms. The van der Waals surface area contributed by atoms with Crippen molar-refractivity contribution in [1.82, 2.24) is 19.7 Å². The highest BCUT2D eigenvalue weighted by molar-refractivity contribution is 5.79. The Labute approximate surface area is 86.6 Å². The number of benzene rings is 1. The Morgan fingerprint density at radius 1 is 1.27 bits per heavy atom. The number of hydrogen-bond acceptors (Lipinski definition) is 2. The van der Waals surface area contributed by atoms with E-state index < -0.39 is 0 Å². The molecule has 0 amide bonds. The zero-order chi connectivity index (χ0) is 10.1. The third kappa shape index (κ3) is 1.50. The van der Waals surface area contributed by atoms with E-state index in [0.717, 1.165) is 17.4 Å². The molecule has 2 aromatic heterocycles. The molecule has 2 heterocycles. The minimum Gasteiger partial charge on any atom is -0.361 e. The molecule has 1 radical (unpaired) electrons. The second-order valence-corrected chi connectivity index (χ2v) is 3.45. The standard InChI is InChI=1S/C11H9N4/c1-2-11-10(3-4-12-11)5-9(1)6-15-7-13-14-8-15/h1-2,4-5,7-8,12H,6H2. The van der Waals surface area contributed by atoms with Crippen LogP contribution >= 0.6 is 0 Å². The minimum atomic E-state index is 0.794. The van der Waals surface area contributed by atoms with Crippen LogP contribution in [0.3, 0.4) is 0 Å². The fourth-order valence-electron chi connectivity index (χ4n) is 1.64. The number of H-pyrrole nitrogens is 1. The topological polar surface area (TPSA) is 46.5 Å². The van der Waals surface area contributed by atoms with Crippen LogP contribution in [0.1, 0.15) is 5.56 Å². The molecule has 0 bridgehead atoms. The monoisotopic (exact) mass is 197 g/mol. The Morgan fingerprint density at radius 2 is 2.13 bits per heavy atom. The van der Waals surface area contributed by atoms with Crippen molar-refractivity contribution in [3.05, 3.63) is 48.7 Å². The third-order valence-electron chi connectivity index (χ3n) is 2.37. The zero-order valence-electron chi connectivity index (χ0n) is 8.01. The largest absolute Gasteiger partial charge is 0.361 e. The SMILES string of the molecule is [c]1c[nH]c2ccc(Cn3cnnc3)cc12. The molecule has 0 fully saturated rings. The Morgan fingerprint density at radius 3 is 3.00 bits per heavy atom. The molecule has 0 aliphatic heterocycles. The third-order valence-corrected chi connectivity index (χ3v) is 2.37. The molecule has 0 unspecified atom stereocenters. The first-order chi connectivity index (χ1) is 7.42. The van der Waals surface area contributed by atoms with E-state index in [4.69, 9.17) is 0 Å². The molecule has 0 aliphatic rings. The summed E-state index contributed by atoms with van der Waals surface area (Å²) in [5.74, 6) is 0. The van der Waals surface area contributed by atoms with Gasteiger partial charge < -0.3 is 9.55 Å². The molecule has 0 atom stereocenters. The van der Waals surface area contributed by atoms with Crippen molar-refractivity contribution in [1.29, 1.82) is 0 Å². The second kappa shape index (κ2) is 3.24. The van der Waals surface area contributed by atoms with Gasteiger partial charge in [-0.05, 0) is 17.7 Å². The number of hydrogen-bond donors (Lipinski definition) is 1. The predicted octanol–water partition coefficient (Wildman–Crippen LogP) is 1.61. The van der Waals surface area contributed by atoms with E-state index in [-0.39, 0.29) is 0 Å². The first-order valence-electron chi connectivity index (χ1n) is 4.72. The Hall–Kier alpha value is -2.10. The number of aromatic nitrogens is 4. The quantitative estimate of drug-likeness (QED) is 0.678. The van der Waals surface area contributed by atoms with Crippen molar-refractivity contribution in [2.75, 3.05) is 0 Å². The summed E-state index contributed by atoms with van der Waals surface area (Å²) >= 11 is 0. The van der Waals surface area contributed by atoms with E-state index in [1.165, 1.54) is 5.56 Å². The number of fused-ring (bicyclic) bond motifs is 1. The summed E-state index contributed by atoms with van der Waals surface area (Å²) in [6, 6.07) is 9.41. The maximum absolute atomic E-state index is 3.77. The van der Waals surface area contributed by atoms with Gasteiger partial charge in [0.05, 0.1) is 6.54 Å². The Kier molecular flexibility index (Phi) is 1.78. The van der Waals surface area contributed by atoms with E-state index in [9.17, 15) is 0 Å². The fourth-order valence-corrected chi connectivity index (χ4v) is 1.64. The lowest BCUT2D eigenvalue weighted by molar-refractivity contribution is 0.795. The van der Waals surface area contributed by atoms with Gasteiger partial charge in [0, 0.05) is 23.2 Å². The van der Waals surface area contributed by atoms with Gasteiger partial charge in [0.1, 0.15) is 12.7 Å². The van der Waals surface area contributed by atoms with Gasteiger partial charge in [-0.3, -0.25) is 0 Å². The van der Waals surface area contributed by atoms with Crippen LogP contribution < -0.4 is 0 Å². The molecule has 0 saturated carbocycles. The molecule has 0 spiro atoms. The van der Waals surface area contributed by atoms with Gasteiger partial charge >= 0.3 is 0 Å². The van der Waals surface area contributed by atoms with Gasteiger partial charge in [0.15, 0.2) is 0 Å². The van der Waals surface area contributed by atoms with Crippen LogP contribution in [0, 0.1) is 6.07 Å². The molecule has 3 rings (SSSR count). The lowest BCUT2D eigenvalue weighted by Crippen LogP contribution is -1.95. The lowest BCUT2D eigenvalue weighted by atomic mass is 10.1. The maximum Gasteiger partial charge on any atom is 0.119 e. The predicted molar refractivity (Wildman–Crippen MR) is 56.3 cm³/mol. The zero-order valence-corrected chi connectivity index (χ0v) is 8.01. The molecule has 1 aromatic carbocycles. The molecule has 4 heteroatoms. The van der Waals surface area contributed by atoms with Crippen molar-refractivity contribution in [3.8, 4) is 0 Å². The highest BCUT2D eigenvalue weighted by Crippen LogP contribution is 2.14. The number of nitrogens with zero attached hydrogens (tertiary/aromatic N) is 3. The average molecular weight is 197 g/mol. The van der Waals surface area contributed by atoms with E-state index in [0.29, 0.717) is 0 Å². The van der Waals surface area contributed by atoms with E-state index in [1.54, 1.807) is 12.7 Å². The summed E-state index contributed by atoms with van der Waals surface area (Å²) in [4.78, 5) is 3.12. The summed E-state index contributed by atoms with van der Waals surface area (Å²) in [6.07, 6.45) is 5.25. The van der Waals surface area contributed by atoms with Crippen LogP contribution in [0.5, 0.6) is 0 Å². The maximum atomic E-state index is 3.77. The van der Waals surface area contributed by atoms with Crippen molar-refractivity contribution in [3.63, 3.8) is 0 Å². The molecule has 4 nitrogen and oxygen atoms in total. The first-order valence-corrected chi connectivity index (χ1v) is 4.72. The summed E-state index contributed by atoms with van der Waals surface area (Å²) in [7, 11) is 0. The van der Waals surface area contributed by atoms with E-state index in [2.05, 4.69) is 39.4 Å². The summed E-state index contributed by atoms with van der Waals surface area (Å²) in [6.45, 7) is 0.794. The molecular weight excluding hydrogens is 188 g/mol. The summed E-state index contributed by atoms with van der Waals surface area (Å²) in [5, 5.41) is 8.65. The number of nitrogens with one attached hydrogen (secondary N) is 1. The van der Waals surface area contributed by atoms with E-state index >= 15 is 0 Å². The normalized spacial score (nSPS) is 10.9. The van der Waals surface area contributed by atoms with Crippen molar-refractivity contribution in [2.24, 2.45) is 0 Å². The van der Waals surface area contributed by atoms with Crippen molar-refractivity contribution in [2.45, 2.75) is 6.54 Å². The van der Waals surface area contributed by atoms with Crippen LogP contribution in [0.2, 0.25) is 0 Å². The summed E-state index contributed by atoms with van der Waals surface area (Å²) < 4.78 is 1.94. The van der Waals surface area contributed by atoms with Crippen LogP contribution in [0.15, 0.2) is 37.1 Å². The van der Waals surface area contributed by atoms with Gasteiger partial charge in [-0.2, -0.15) is 0 Å². The van der Waals surface area contributed by atoms with Crippen LogP contribution in [-0.4, -0.2) is 19.7 Å². The van der Waals surface area contributed by atoms with E-state index in [1.807, 2.05) is 10.8 Å². The first kappa shape index (κ1) is 8.23. The molecule has 73 valence electrons. The average Bonchev–Trinajstić information content (AvgIpc) is 2.87. The second-order valence-electron chi connectivity index (χ2n) is 3.45. The lowest BCUT2D eigenvalue weighted by Gasteiger charge is -2.01. The van der Waals surface area contributed by atoms with Crippen LogP contribution in [-0.2, 0) is 6.54 Å². The van der Waals surface area contributed by atoms with Crippen LogP contribution in [0.4, 0.5) is 0 Å². The summed E-state index contributed by atoms with van der Waals surface area (Å²) in [5.41, 5.74) is 2.33. The molecule has 0 saturated heterocycles. The minimum absolute atomic E-state index is 0.794. The molecule has 3 aromatic rings. The van der Waals surface area contributed by atoms with Gasteiger partial charge in [-0.15, -0.1) is 10.2 Å². The molecule has 0 aliphatic carbocycles. The number of rotatable bonds is 2. The van der Waals surface area contributed by atoms with Gasteiger partial charge in [-0.1, -0.05) is 6.07 Å². The van der Waals surface area contributed by atoms with Crippen molar-refractivity contribution >= 4 is 10.9 Å². The fraction of sp³-hybridized carbons (Fsp3) is 0.0909. The number of aromatic amines is 1.